The summed E-state index contributed by atoms with van der Waals surface area (Å²) < 4.78 is 0. The summed E-state index contributed by atoms with van der Waals surface area (Å²) in [5.41, 5.74) is 15.2. The fourth-order valence-corrected chi connectivity index (χ4v) is 8.96. The molecular weight excluding hydrogens is 651 g/mol. The van der Waals surface area contributed by atoms with Crippen LogP contribution in [0.4, 0.5) is 17.1 Å². The molecule has 0 radical (unpaired) electrons. The van der Waals surface area contributed by atoms with Crippen molar-refractivity contribution in [2.75, 3.05) is 4.90 Å². The smallest absolute Gasteiger partial charge is 0.0468 e. The van der Waals surface area contributed by atoms with E-state index >= 15 is 0 Å². The second-order valence-electron chi connectivity index (χ2n) is 15.3. The van der Waals surface area contributed by atoms with Gasteiger partial charge >= 0.3 is 0 Å². The van der Waals surface area contributed by atoms with E-state index in [-0.39, 0.29) is 5.41 Å². The number of anilines is 3. The van der Waals surface area contributed by atoms with Gasteiger partial charge in [-0.2, -0.15) is 0 Å². The first-order chi connectivity index (χ1) is 26.5. The fourth-order valence-electron chi connectivity index (χ4n) is 8.96. The maximum Gasteiger partial charge on any atom is 0.0468 e. The van der Waals surface area contributed by atoms with Crippen molar-refractivity contribution in [3.63, 3.8) is 0 Å². The van der Waals surface area contributed by atoms with Gasteiger partial charge < -0.3 is 4.90 Å². The standard InChI is InChI=1S/C53H41N/c1-53(2)50-23-13-22-47(38-15-5-3-6-16-38)52(50)48-31-30-45(35-51(48)53)54(44-29-26-36-14-9-10-19-40(36)33-44)43-27-24-37(25-28-43)42-32-41-20-11-12-21-46(41)49(34-42)39-17-7-4-8-18-39/h3-15,17-35,38H,16H2,1-2H3. The highest BCUT2D eigenvalue weighted by Gasteiger charge is 2.38. The summed E-state index contributed by atoms with van der Waals surface area (Å²) in [6.45, 7) is 4.79. The highest BCUT2D eigenvalue weighted by atomic mass is 15.1. The first-order valence-corrected chi connectivity index (χ1v) is 19.1. The number of fused-ring (bicyclic) bond motifs is 5. The Labute approximate surface area is 318 Å². The molecule has 8 aromatic carbocycles. The van der Waals surface area contributed by atoms with E-state index in [2.05, 4.69) is 213 Å². The molecule has 0 fully saturated rings. The molecule has 0 aromatic heterocycles. The fraction of sp³-hybridized carbons (Fsp3) is 0.0943. The third-order valence-electron chi connectivity index (χ3n) is 11.8. The molecule has 1 heteroatoms. The molecule has 0 N–H and O–H groups in total. The number of nitrogens with zero attached hydrogens (tertiary/aromatic N) is 1. The molecule has 0 saturated carbocycles. The van der Waals surface area contributed by atoms with Gasteiger partial charge in [-0.1, -0.05) is 159 Å². The number of allylic oxidation sites excluding steroid dienone is 4. The van der Waals surface area contributed by atoms with Crippen LogP contribution in [-0.2, 0) is 5.41 Å². The van der Waals surface area contributed by atoms with Gasteiger partial charge in [-0.25, -0.2) is 0 Å². The SMILES string of the molecule is CC1(C)c2cc(N(c3ccc(-c4cc(-c5ccccc5)c5ccccc5c4)cc3)c3ccc4ccccc4c3)ccc2-c2c(C3C=CC=CC3)cccc21. The molecule has 1 nitrogen and oxygen atoms in total. The van der Waals surface area contributed by atoms with Gasteiger partial charge in [0.1, 0.15) is 0 Å². The molecule has 0 spiro atoms. The average molecular weight is 692 g/mol. The largest absolute Gasteiger partial charge is 0.310 e. The second-order valence-corrected chi connectivity index (χ2v) is 15.3. The van der Waals surface area contributed by atoms with E-state index in [9.17, 15) is 0 Å². The molecule has 0 aliphatic heterocycles. The number of hydrogen-bond donors (Lipinski definition) is 0. The van der Waals surface area contributed by atoms with Gasteiger partial charge in [0.15, 0.2) is 0 Å². The summed E-state index contributed by atoms with van der Waals surface area (Å²) in [7, 11) is 0. The van der Waals surface area contributed by atoms with Crippen LogP contribution in [0.25, 0.3) is 54.9 Å². The third kappa shape index (κ3) is 5.39. The molecular formula is C53H41N. The van der Waals surface area contributed by atoms with Gasteiger partial charge in [0, 0.05) is 28.4 Å². The van der Waals surface area contributed by atoms with Crippen molar-refractivity contribution in [3.05, 3.63) is 211 Å². The summed E-state index contributed by atoms with van der Waals surface area (Å²) in [4.78, 5) is 2.43. The molecule has 2 aliphatic carbocycles. The molecule has 0 amide bonds. The number of hydrogen-bond acceptors (Lipinski definition) is 1. The van der Waals surface area contributed by atoms with Crippen molar-refractivity contribution >= 4 is 38.6 Å². The van der Waals surface area contributed by atoms with Gasteiger partial charge in [0.2, 0.25) is 0 Å². The quantitative estimate of drug-likeness (QED) is 0.168. The lowest BCUT2D eigenvalue weighted by molar-refractivity contribution is 0.659. The molecule has 10 rings (SSSR count). The highest BCUT2D eigenvalue weighted by molar-refractivity contribution is 6.00. The topological polar surface area (TPSA) is 3.24 Å². The number of benzene rings is 8. The molecule has 2 aliphatic rings. The van der Waals surface area contributed by atoms with Crippen LogP contribution in [0.15, 0.2) is 194 Å². The Morgan fingerprint density at radius 1 is 0.481 bits per heavy atom. The summed E-state index contributed by atoms with van der Waals surface area (Å²) in [6.07, 6.45) is 10.1. The Kier molecular flexibility index (Phi) is 7.70. The van der Waals surface area contributed by atoms with Gasteiger partial charge in [0.25, 0.3) is 0 Å². The maximum absolute atomic E-state index is 2.45. The maximum atomic E-state index is 2.45. The van der Waals surface area contributed by atoms with E-state index in [1.165, 1.54) is 71.6 Å². The van der Waals surface area contributed by atoms with Crippen LogP contribution in [0.1, 0.15) is 42.9 Å². The van der Waals surface area contributed by atoms with E-state index in [1.807, 2.05) is 0 Å². The Morgan fingerprint density at radius 3 is 2.02 bits per heavy atom. The predicted octanol–water partition coefficient (Wildman–Crippen LogP) is 14.7. The van der Waals surface area contributed by atoms with Crippen molar-refractivity contribution < 1.29 is 0 Å². The molecule has 0 saturated heterocycles. The molecule has 54 heavy (non-hydrogen) atoms. The van der Waals surface area contributed by atoms with Crippen LogP contribution in [0.2, 0.25) is 0 Å². The van der Waals surface area contributed by atoms with E-state index in [0.717, 1.165) is 23.5 Å². The predicted molar refractivity (Wildman–Crippen MR) is 230 cm³/mol. The van der Waals surface area contributed by atoms with Crippen LogP contribution in [0, 0.1) is 0 Å². The Morgan fingerprint density at radius 2 is 1.20 bits per heavy atom. The molecule has 258 valence electrons. The first kappa shape index (κ1) is 32.2. The molecule has 8 aromatic rings. The average Bonchev–Trinajstić information content (AvgIpc) is 3.47. The normalized spacial score (nSPS) is 15.3. The minimum atomic E-state index is -0.129. The van der Waals surface area contributed by atoms with Crippen LogP contribution in [-0.4, -0.2) is 0 Å². The first-order valence-electron chi connectivity index (χ1n) is 19.1. The van der Waals surface area contributed by atoms with Crippen LogP contribution in [0.5, 0.6) is 0 Å². The van der Waals surface area contributed by atoms with Crippen LogP contribution >= 0.6 is 0 Å². The Hall–Kier alpha value is -6.44. The van der Waals surface area contributed by atoms with E-state index in [4.69, 9.17) is 0 Å². The Bertz CT molecular complexity index is 2770. The summed E-state index contributed by atoms with van der Waals surface area (Å²) in [5, 5.41) is 4.99. The van der Waals surface area contributed by atoms with Gasteiger partial charge in [-0.15, -0.1) is 0 Å². The Balaban J connectivity index is 1.10. The van der Waals surface area contributed by atoms with E-state index in [1.54, 1.807) is 0 Å². The molecule has 0 heterocycles. The third-order valence-corrected chi connectivity index (χ3v) is 11.8. The van der Waals surface area contributed by atoms with Gasteiger partial charge in [-0.3, -0.25) is 0 Å². The zero-order chi connectivity index (χ0) is 36.2. The molecule has 1 atom stereocenters. The van der Waals surface area contributed by atoms with Crippen molar-refractivity contribution in [2.24, 2.45) is 0 Å². The zero-order valence-electron chi connectivity index (χ0n) is 30.7. The second kappa shape index (κ2) is 12.9. The van der Waals surface area contributed by atoms with Crippen molar-refractivity contribution in [1.29, 1.82) is 0 Å². The summed E-state index contributed by atoms with van der Waals surface area (Å²) >= 11 is 0. The zero-order valence-corrected chi connectivity index (χ0v) is 30.7. The van der Waals surface area contributed by atoms with E-state index < -0.39 is 0 Å². The lowest BCUT2D eigenvalue weighted by Gasteiger charge is -2.28. The van der Waals surface area contributed by atoms with E-state index in [0.29, 0.717) is 5.92 Å². The summed E-state index contributed by atoms with van der Waals surface area (Å²) in [5.74, 6) is 0.394. The van der Waals surface area contributed by atoms with Crippen LogP contribution < -0.4 is 4.90 Å². The lowest BCUT2D eigenvalue weighted by Crippen LogP contribution is -2.16. The van der Waals surface area contributed by atoms with Gasteiger partial charge in [-0.05, 0) is 127 Å². The lowest BCUT2D eigenvalue weighted by atomic mass is 9.81. The number of rotatable bonds is 6. The van der Waals surface area contributed by atoms with Crippen molar-refractivity contribution in [2.45, 2.75) is 31.6 Å². The highest BCUT2D eigenvalue weighted by Crippen LogP contribution is 2.53. The van der Waals surface area contributed by atoms with Crippen LogP contribution in [0.3, 0.4) is 0 Å². The monoisotopic (exact) mass is 691 g/mol. The molecule has 1 unspecified atom stereocenters. The van der Waals surface area contributed by atoms with Crippen molar-refractivity contribution in [1.82, 2.24) is 0 Å². The molecule has 0 bridgehead atoms. The minimum Gasteiger partial charge on any atom is -0.310 e. The minimum absolute atomic E-state index is 0.129. The summed E-state index contributed by atoms with van der Waals surface area (Å²) in [6, 6.07) is 62.9. The van der Waals surface area contributed by atoms with Crippen molar-refractivity contribution in [3.8, 4) is 33.4 Å². The van der Waals surface area contributed by atoms with Gasteiger partial charge in [0.05, 0.1) is 0 Å².